The van der Waals surface area contributed by atoms with Crippen molar-refractivity contribution >= 4 is 33.5 Å². The van der Waals surface area contributed by atoms with Gasteiger partial charge in [0, 0.05) is 4.47 Å². The van der Waals surface area contributed by atoms with Crippen molar-refractivity contribution in [2.24, 2.45) is 0 Å². The van der Waals surface area contributed by atoms with E-state index in [0.29, 0.717) is 4.47 Å². The zero-order valence-corrected chi connectivity index (χ0v) is 11.7. The van der Waals surface area contributed by atoms with Crippen molar-refractivity contribution in [3.63, 3.8) is 0 Å². The van der Waals surface area contributed by atoms with Gasteiger partial charge in [0.15, 0.2) is 0 Å². The fraction of sp³-hybridized carbons (Fsp3) is 0.333. The number of amides is 1. The Morgan fingerprint density at radius 2 is 2.11 bits per heavy atom. The Balaban J connectivity index is 2.79. The van der Waals surface area contributed by atoms with Gasteiger partial charge in [0.1, 0.15) is 6.61 Å². The normalized spacial score (nSPS) is 10.4. The molecular weight excluding hydrogens is 302 g/mol. The van der Waals surface area contributed by atoms with Crippen LogP contribution in [-0.4, -0.2) is 29.7 Å². The predicted molar refractivity (Wildman–Crippen MR) is 70.8 cm³/mol. The number of nitrogens with one attached hydrogen (secondary N) is 1. The summed E-state index contributed by atoms with van der Waals surface area (Å²) in [7, 11) is 0. The van der Waals surface area contributed by atoms with Crippen molar-refractivity contribution in [1.82, 2.24) is 0 Å². The lowest BCUT2D eigenvalue weighted by atomic mass is 10.2. The average molecular weight is 316 g/mol. The van der Waals surface area contributed by atoms with E-state index in [-0.39, 0.29) is 29.9 Å². The zero-order valence-electron chi connectivity index (χ0n) is 10.1. The molecule has 1 rings (SSSR count). The van der Waals surface area contributed by atoms with Gasteiger partial charge >= 0.3 is 5.97 Å². The Morgan fingerprint density at radius 1 is 1.44 bits per heavy atom. The van der Waals surface area contributed by atoms with E-state index in [0.717, 1.165) is 0 Å². The maximum atomic E-state index is 11.6. The van der Waals surface area contributed by atoms with Crippen LogP contribution >= 0.6 is 15.9 Å². The summed E-state index contributed by atoms with van der Waals surface area (Å²) in [6.45, 7) is 3.52. The molecule has 1 amide bonds. The number of carbonyl (C=O) groups excluding carboxylic acids is 1. The van der Waals surface area contributed by atoms with E-state index in [9.17, 15) is 9.59 Å². The van der Waals surface area contributed by atoms with Crippen LogP contribution in [-0.2, 0) is 9.53 Å². The molecule has 0 saturated heterocycles. The second kappa shape index (κ2) is 6.51. The van der Waals surface area contributed by atoms with Crippen molar-refractivity contribution in [3.8, 4) is 0 Å². The van der Waals surface area contributed by atoms with E-state index in [1.54, 1.807) is 6.07 Å². The number of ether oxygens (including phenoxy) is 1. The molecule has 2 N–H and O–H groups in total. The van der Waals surface area contributed by atoms with Gasteiger partial charge in [-0.25, -0.2) is 4.79 Å². The van der Waals surface area contributed by atoms with Crippen LogP contribution in [0.2, 0.25) is 0 Å². The maximum absolute atomic E-state index is 11.6. The van der Waals surface area contributed by atoms with Crippen LogP contribution < -0.4 is 5.32 Å². The molecule has 0 bridgehead atoms. The van der Waals surface area contributed by atoms with Crippen molar-refractivity contribution < 1.29 is 19.4 Å². The van der Waals surface area contributed by atoms with Crippen molar-refractivity contribution in [3.05, 3.63) is 28.2 Å². The quantitative estimate of drug-likeness (QED) is 0.875. The van der Waals surface area contributed by atoms with Gasteiger partial charge in [0.2, 0.25) is 5.91 Å². The van der Waals surface area contributed by atoms with E-state index < -0.39 is 5.97 Å². The van der Waals surface area contributed by atoms with Gasteiger partial charge in [0.05, 0.1) is 17.4 Å². The average Bonchev–Trinajstić information content (AvgIpc) is 2.26. The second-order valence-electron chi connectivity index (χ2n) is 3.90. The van der Waals surface area contributed by atoms with Crippen LogP contribution in [0.15, 0.2) is 22.7 Å². The van der Waals surface area contributed by atoms with Crippen molar-refractivity contribution in [1.29, 1.82) is 0 Å². The lowest BCUT2D eigenvalue weighted by molar-refractivity contribution is -0.121. The van der Waals surface area contributed by atoms with Crippen LogP contribution in [0.5, 0.6) is 0 Å². The number of rotatable bonds is 5. The SMILES string of the molecule is CC(C)OCC(=O)Nc1cc(Br)ccc1C(=O)O. The summed E-state index contributed by atoms with van der Waals surface area (Å²) in [5, 5.41) is 11.5. The topological polar surface area (TPSA) is 75.6 Å². The Labute approximate surface area is 113 Å². The summed E-state index contributed by atoms with van der Waals surface area (Å²) in [6, 6.07) is 4.56. The largest absolute Gasteiger partial charge is 0.478 e. The highest BCUT2D eigenvalue weighted by Gasteiger charge is 2.13. The number of halogens is 1. The summed E-state index contributed by atoms with van der Waals surface area (Å²) in [5.74, 6) is -1.48. The highest BCUT2D eigenvalue weighted by atomic mass is 79.9. The van der Waals surface area contributed by atoms with Gasteiger partial charge in [-0.2, -0.15) is 0 Å². The minimum Gasteiger partial charge on any atom is -0.478 e. The number of carboxylic acids is 1. The number of aromatic carboxylic acids is 1. The summed E-state index contributed by atoms with van der Waals surface area (Å²) in [5.41, 5.74) is 0.283. The van der Waals surface area contributed by atoms with Crippen LogP contribution in [0.4, 0.5) is 5.69 Å². The molecule has 1 aromatic rings. The molecule has 0 spiro atoms. The second-order valence-corrected chi connectivity index (χ2v) is 4.82. The van der Waals surface area contributed by atoms with E-state index >= 15 is 0 Å². The van der Waals surface area contributed by atoms with Crippen LogP contribution in [0, 0.1) is 0 Å². The first-order chi connectivity index (χ1) is 8.40. The first kappa shape index (κ1) is 14.7. The van der Waals surface area contributed by atoms with E-state index in [4.69, 9.17) is 9.84 Å². The summed E-state index contributed by atoms with van der Waals surface area (Å²) in [6.07, 6.45) is -0.0581. The molecule has 0 fully saturated rings. The fourth-order valence-electron chi connectivity index (χ4n) is 1.24. The number of hydrogen-bond acceptors (Lipinski definition) is 3. The standard InChI is InChI=1S/C12H14BrNO4/c1-7(2)18-6-11(15)14-10-5-8(13)3-4-9(10)12(16)17/h3-5,7H,6H2,1-2H3,(H,14,15)(H,16,17). The third-order valence-corrected chi connectivity index (χ3v) is 2.53. The number of hydrogen-bond donors (Lipinski definition) is 2. The molecule has 0 atom stereocenters. The molecule has 0 aliphatic carbocycles. The summed E-state index contributed by atoms with van der Waals surface area (Å²) in [4.78, 5) is 22.5. The molecule has 0 aliphatic heterocycles. The molecule has 0 aromatic heterocycles. The maximum Gasteiger partial charge on any atom is 0.337 e. The summed E-state index contributed by atoms with van der Waals surface area (Å²) >= 11 is 3.22. The molecule has 0 heterocycles. The van der Waals surface area contributed by atoms with E-state index in [1.165, 1.54) is 12.1 Å². The summed E-state index contributed by atoms with van der Waals surface area (Å²) < 4.78 is 5.82. The third kappa shape index (κ3) is 4.46. The molecule has 1 aromatic carbocycles. The highest BCUT2D eigenvalue weighted by Crippen LogP contribution is 2.21. The Kier molecular flexibility index (Phi) is 5.30. The van der Waals surface area contributed by atoms with Gasteiger partial charge in [0.25, 0.3) is 0 Å². The predicted octanol–water partition coefficient (Wildman–Crippen LogP) is 2.51. The van der Waals surface area contributed by atoms with Crippen LogP contribution in [0.1, 0.15) is 24.2 Å². The Morgan fingerprint density at radius 3 is 2.67 bits per heavy atom. The van der Waals surface area contributed by atoms with Crippen molar-refractivity contribution in [2.75, 3.05) is 11.9 Å². The molecule has 0 unspecified atom stereocenters. The monoisotopic (exact) mass is 315 g/mol. The smallest absolute Gasteiger partial charge is 0.337 e. The van der Waals surface area contributed by atoms with Gasteiger partial charge in [-0.3, -0.25) is 4.79 Å². The molecule has 0 aliphatic rings. The first-order valence-electron chi connectivity index (χ1n) is 5.34. The molecule has 0 radical (unpaired) electrons. The lowest BCUT2D eigenvalue weighted by Crippen LogP contribution is -2.21. The minimum absolute atomic E-state index is 0.0381. The first-order valence-corrected chi connectivity index (χ1v) is 6.13. The molecule has 5 nitrogen and oxygen atoms in total. The molecular formula is C12H14BrNO4. The van der Waals surface area contributed by atoms with Gasteiger partial charge in [-0.1, -0.05) is 15.9 Å². The number of anilines is 1. The number of benzene rings is 1. The van der Waals surface area contributed by atoms with E-state index in [1.807, 2.05) is 13.8 Å². The molecule has 18 heavy (non-hydrogen) atoms. The number of carboxylic acid groups (broad SMARTS) is 1. The third-order valence-electron chi connectivity index (χ3n) is 2.03. The Hall–Kier alpha value is -1.40. The minimum atomic E-state index is -1.09. The van der Waals surface area contributed by atoms with Gasteiger partial charge in [-0.15, -0.1) is 0 Å². The molecule has 0 saturated carbocycles. The van der Waals surface area contributed by atoms with Crippen LogP contribution in [0.25, 0.3) is 0 Å². The molecule has 6 heteroatoms. The van der Waals surface area contributed by atoms with Gasteiger partial charge < -0.3 is 15.2 Å². The number of carbonyl (C=O) groups is 2. The van der Waals surface area contributed by atoms with E-state index in [2.05, 4.69) is 21.2 Å². The van der Waals surface area contributed by atoms with Crippen LogP contribution in [0.3, 0.4) is 0 Å². The Bertz CT molecular complexity index is 459. The molecule has 98 valence electrons. The fourth-order valence-corrected chi connectivity index (χ4v) is 1.60. The highest BCUT2D eigenvalue weighted by molar-refractivity contribution is 9.10. The zero-order chi connectivity index (χ0) is 13.7. The van der Waals surface area contributed by atoms with Gasteiger partial charge in [-0.05, 0) is 32.0 Å². The lowest BCUT2D eigenvalue weighted by Gasteiger charge is -2.10. The van der Waals surface area contributed by atoms with Crippen molar-refractivity contribution in [2.45, 2.75) is 20.0 Å².